The van der Waals surface area contributed by atoms with Crippen LogP contribution in [0.15, 0.2) is 18.5 Å². The molecule has 0 aromatic carbocycles. The summed E-state index contributed by atoms with van der Waals surface area (Å²) in [7, 11) is 2.57. The molecule has 2 heterocycles. The van der Waals surface area contributed by atoms with Crippen LogP contribution in [-0.4, -0.2) is 71.4 Å². The summed E-state index contributed by atoms with van der Waals surface area (Å²) in [6.07, 6.45) is 0.156. The number of amides is 1. The minimum atomic E-state index is -4.53. The summed E-state index contributed by atoms with van der Waals surface area (Å²) < 4.78 is 73.1. The third-order valence-corrected chi connectivity index (χ3v) is 6.11. The van der Waals surface area contributed by atoms with Gasteiger partial charge in [0.15, 0.2) is 5.65 Å². The van der Waals surface area contributed by atoms with Crippen LogP contribution in [0.3, 0.4) is 0 Å². The van der Waals surface area contributed by atoms with Gasteiger partial charge in [0.05, 0.1) is 30.7 Å². The van der Waals surface area contributed by atoms with E-state index in [4.69, 9.17) is 4.74 Å². The molecule has 1 N–H and O–H groups in total. The van der Waals surface area contributed by atoms with E-state index in [0.717, 1.165) is 4.90 Å². The quantitative estimate of drug-likeness (QED) is 0.420. The molecule has 0 spiro atoms. The van der Waals surface area contributed by atoms with Crippen molar-refractivity contribution >= 4 is 12.1 Å². The highest BCUT2D eigenvalue weighted by Crippen LogP contribution is 2.37. The Balaban J connectivity index is 1.79. The summed E-state index contributed by atoms with van der Waals surface area (Å²) in [5, 5.41) is 6.47. The molecule has 1 saturated carbocycles. The van der Waals surface area contributed by atoms with E-state index in [-0.39, 0.29) is 25.4 Å². The number of alkyl halides is 5. The zero-order chi connectivity index (χ0) is 24.2. The number of ether oxygens (including phenoxy) is 1. The van der Waals surface area contributed by atoms with Gasteiger partial charge in [0.25, 0.3) is 0 Å². The van der Waals surface area contributed by atoms with E-state index < -0.39 is 30.7 Å². The van der Waals surface area contributed by atoms with Crippen molar-refractivity contribution in [3.8, 4) is 0 Å². The van der Waals surface area contributed by atoms with Crippen molar-refractivity contribution in [1.82, 2.24) is 24.8 Å². The first kappa shape index (κ1) is 25.3. The number of halogens is 5. The van der Waals surface area contributed by atoms with Gasteiger partial charge >= 0.3 is 6.18 Å². The molecule has 2 unspecified atom stereocenters. The number of hydrogen-bond donors (Lipinski definition) is 1. The summed E-state index contributed by atoms with van der Waals surface area (Å²) in [4.78, 5) is 17.2. The van der Waals surface area contributed by atoms with Gasteiger partial charge < -0.3 is 15.0 Å². The highest BCUT2D eigenvalue weighted by molar-refractivity contribution is 5.50. The molecule has 3 rings (SSSR count). The molecule has 1 aliphatic rings. The molecule has 184 valence electrons. The number of imidazole rings is 1. The van der Waals surface area contributed by atoms with E-state index in [1.807, 2.05) is 0 Å². The predicted octanol–water partition coefficient (Wildman–Crippen LogP) is 3.39. The van der Waals surface area contributed by atoms with Crippen LogP contribution >= 0.6 is 0 Å². The topological polar surface area (TPSA) is 71.8 Å². The minimum absolute atomic E-state index is 0.0330. The van der Waals surface area contributed by atoms with Crippen LogP contribution in [0.4, 0.5) is 22.0 Å². The van der Waals surface area contributed by atoms with Gasteiger partial charge in [0, 0.05) is 32.1 Å². The summed E-state index contributed by atoms with van der Waals surface area (Å²) in [6.45, 7) is -0.635. The maximum atomic E-state index is 13.4. The van der Waals surface area contributed by atoms with Crippen LogP contribution in [-0.2, 0) is 16.0 Å². The highest BCUT2D eigenvalue weighted by atomic mass is 19.4. The van der Waals surface area contributed by atoms with Crippen LogP contribution in [0.1, 0.15) is 43.0 Å². The molecular weight excluding hydrogens is 449 g/mol. The van der Waals surface area contributed by atoms with Gasteiger partial charge in [-0.1, -0.05) is 0 Å². The number of nitrogens with one attached hydrogen (secondary N) is 1. The number of fused-ring (bicyclic) bond motifs is 1. The summed E-state index contributed by atoms with van der Waals surface area (Å²) in [5.74, 6) is -2.48. The van der Waals surface area contributed by atoms with Crippen molar-refractivity contribution in [3.63, 3.8) is 0 Å². The standard InChI is InChI=1S/C21H28F5N5O2/c1-27-18(21(24,25)26)11-30(13-32)17(12-33-2)15-8-19-29-16(10-31(19)28-9-15)7-14-3-5-20(22,23)6-4-14/h8-10,13-14,17-18,27H,3-7,11-12H2,1-2H3. The first-order valence-electron chi connectivity index (χ1n) is 10.7. The third-order valence-electron chi connectivity index (χ3n) is 6.11. The molecule has 1 fully saturated rings. The van der Waals surface area contributed by atoms with E-state index in [2.05, 4.69) is 15.4 Å². The van der Waals surface area contributed by atoms with E-state index in [1.165, 1.54) is 24.9 Å². The molecular formula is C21H28F5N5O2. The monoisotopic (exact) mass is 477 g/mol. The summed E-state index contributed by atoms with van der Waals surface area (Å²) in [5.41, 5.74) is 1.64. The van der Waals surface area contributed by atoms with Crippen molar-refractivity contribution < 1.29 is 31.5 Å². The Labute approximate surface area is 188 Å². The smallest absolute Gasteiger partial charge is 0.382 e. The number of rotatable bonds is 10. The number of carbonyl (C=O) groups excluding carboxylic acids is 1. The van der Waals surface area contributed by atoms with E-state index in [1.54, 1.807) is 12.3 Å². The number of nitrogens with zero attached hydrogens (tertiary/aromatic N) is 4. The van der Waals surface area contributed by atoms with Gasteiger partial charge in [0.2, 0.25) is 12.3 Å². The first-order chi connectivity index (χ1) is 15.6. The number of likely N-dealkylation sites (N-methyl/N-ethyl adjacent to an activating group) is 1. The van der Waals surface area contributed by atoms with Crippen molar-refractivity contribution in [2.24, 2.45) is 5.92 Å². The SMILES string of the molecule is CNC(CN(C=O)C(COC)c1cnn2cc(CC3CCC(F)(F)CC3)nc2c1)C(F)(F)F. The lowest BCUT2D eigenvalue weighted by atomic mass is 9.84. The molecule has 2 aromatic heterocycles. The molecule has 33 heavy (non-hydrogen) atoms. The minimum Gasteiger partial charge on any atom is -0.382 e. The zero-order valence-corrected chi connectivity index (χ0v) is 18.5. The van der Waals surface area contributed by atoms with Crippen molar-refractivity contribution in [2.75, 3.05) is 27.3 Å². The number of methoxy groups -OCH3 is 1. The fraction of sp³-hybridized carbons (Fsp3) is 0.667. The van der Waals surface area contributed by atoms with Gasteiger partial charge in [-0.15, -0.1) is 0 Å². The molecule has 7 nitrogen and oxygen atoms in total. The van der Waals surface area contributed by atoms with Crippen LogP contribution in [0, 0.1) is 5.92 Å². The summed E-state index contributed by atoms with van der Waals surface area (Å²) >= 11 is 0. The lowest BCUT2D eigenvalue weighted by Gasteiger charge is -2.32. The second kappa shape index (κ2) is 10.3. The second-order valence-corrected chi connectivity index (χ2v) is 8.48. The highest BCUT2D eigenvalue weighted by Gasteiger charge is 2.40. The van der Waals surface area contributed by atoms with Crippen molar-refractivity contribution in [1.29, 1.82) is 0 Å². The molecule has 2 atom stereocenters. The predicted molar refractivity (Wildman–Crippen MR) is 110 cm³/mol. The molecule has 0 aliphatic heterocycles. The van der Waals surface area contributed by atoms with E-state index >= 15 is 0 Å². The molecule has 0 radical (unpaired) electrons. The normalized spacial score (nSPS) is 18.9. The number of hydrogen-bond acceptors (Lipinski definition) is 5. The average molecular weight is 477 g/mol. The van der Waals surface area contributed by atoms with Gasteiger partial charge in [-0.25, -0.2) is 18.3 Å². The average Bonchev–Trinajstić information content (AvgIpc) is 3.15. The fourth-order valence-corrected chi connectivity index (χ4v) is 4.18. The first-order valence-corrected chi connectivity index (χ1v) is 10.7. The molecule has 12 heteroatoms. The Morgan fingerprint density at radius 2 is 2.06 bits per heavy atom. The van der Waals surface area contributed by atoms with Gasteiger partial charge in [-0.2, -0.15) is 18.3 Å². The molecule has 2 aromatic rings. The van der Waals surface area contributed by atoms with Gasteiger partial charge in [-0.05, 0) is 38.3 Å². The van der Waals surface area contributed by atoms with Crippen molar-refractivity contribution in [3.05, 3.63) is 29.7 Å². The Morgan fingerprint density at radius 1 is 1.36 bits per heavy atom. The molecule has 1 aliphatic carbocycles. The Morgan fingerprint density at radius 3 is 2.64 bits per heavy atom. The maximum Gasteiger partial charge on any atom is 0.405 e. The van der Waals surface area contributed by atoms with Crippen LogP contribution in [0.2, 0.25) is 0 Å². The Kier molecular flexibility index (Phi) is 7.88. The summed E-state index contributed by atoms with van der Waals surface area (Å²) in [6, 6.07) is -1.06. The fourth-order valence-electron chi connectivity index (χ4n) is 4.18. The second-order valence-electron chi connectivity index (χ2n) is 8.48. The molecule has 0 bridgehead atoms. The molecule has 1 amide bonds. The number of aromatic nitrogens is 3. The van der Waals surface area contributed by atoms with E-state index in [9.17, 15) is 26.7 Å². The molecule has 0 saturated heterocycles. The lowest BCUT2D eigenvalue weighted by molar-refractivity contribution is -0.161. The largest absolute Gasteiger partial charge is 0.405 e. The van der Waals surface area contributed by atoms with Gasteiger partial charge in [0.1, 0.15) is 6.04 Å². The zero-order valence-electron chi connectivity index (χ0n) is 18.5. The van der Waals surface area contributed by atoms with Gasteiger partial charge in [-0.3, -0.25) is 4.79 Å². The van der Waals surface area contributed by atoms with Crippen LogP contribution < -0.4 is 5.32 Å². The Hall–Kier alpha value is -2.34. The third kappa shape index (κ3) is 6.38. The van der Waals surface area contributed by atoms with Crippen LogP contribution in [0.25, 0.3) is 5.65 Å². The van der Waals surface area contributed by atoms with Crippen molar-refractivity contribution in [2.45, 2.75) is 56.3 Å². The number of carbonyl (C=O) groups is 1. The maximum absolute atomic E-state index is 13.4. The Bertz CT molecular complexity index is 925. The van der Waals surface area contributed by atoms with Crippen LogP contribution in [0.5, 0.6) is 0 Å². The van der Waals surface area contributed by atoms with E-state index in [0.29, 0.717) is 42.6 Å². The lowest BCUT2D eigenvalue weighted by Crippen LogP contribution is -2.49.